The third kappa shape index (κ3) is 6.65. The van der Waals surface area contributed by atoms with Gasteiger partial charge >= 0.3 is 11.9 Å². The van der Waals surface area contributed by atoms with Crippen molar-refractivity contribution in [3.63, 3.8) is 0 Å². The molecule has 0 fully saturated rings. The van der Waals surface area contributed by atoms with Crippen LogP contribution in [0.2, 0.25) is 0 Å². The Kier molecular flexibility index (Phi) is 7.72. The lowest BCUT2D eigenvalue weighted by atomic mass is 10.2. The number of carbonyl (C=O) groups is 4. The number of nitrogens with one attached hydrogen (secondary N) is 2. The number of esters is 2. The fraction of sp³-hybridized carbons (Fsp3) is 0.200. The molecule has 2 amide bonds. The SMILES string of the molecule is CNC(=O)COC(=O)c1ccc(Oc2ccc(C(=O)OCC(=O)NC)cc2)cc1. The van der Waals surface area contributed by atoms with Crippen LogP contribution in [-0.4, -0.2) is 51.1 Å². The fourth-order valence-corrected chi connectivity index (χ4v) is 2.03. The van der Waals surface area contributed by atoms with Crippen molar-refractivity contribution in [1.29, 1.82) is 0 Å². The van der Waals surface area contributed by atoms with Crippen molar-refractivity contribution in [2.45, 2.75) is 0 Å². The van der Waals surface area contributed by atoms with E-state index < -0.39 is 23.8 Å². The van der Waals surface area contributed by atoms with Crippen LogP contribution in [0.25, 0.3) is 0 Å². The number of ether oxygens (including phenoxy) is 3. The highest BCUT2D eigenvalue weighted by molar-refractivity contribution is 5.92. The standard InChI is InChI=1S/C20H20N2O7/c1-21-17(23)11-27-19(25)13-3-7-15(8-4-13)29-16-9-5-14(6-10-16)20(26)28-12-18(24)22-2/h3-10H,11-12H2,1-2H3,(H,21,23)(H,22,24). The molecule has 0 aliphatic rings. The van der Waals surface area contributed by atoms with Gasteiger partial charge in [0.1, 0.15) is 11.5 Å². The topological polar surface area (TPSA) is 120 Å². The summed E-state index contributed by atoms with van der Waals surface area (Å²) in [5, 5.41) is 4.70. The van der Waals surface area contributed by atoms with E-state index in [4.69, 9.17) is 14.2 Å². The molecule has 0 saturated heterocycles. The van der Waals surface area contributed by atoms with E-state index in [1.54, 1.807) is 24.3 Å². The Morgan fingerprint density at radius 3 is 1.31 bits per heavy atom. The van der Waals surface area contributed by atoms with E-state index >= 15 is 0 Å². The normalized spacial score (nSPS) is 9.86. The first kappa shape index (κ1) is 21.4. The minimum absolute atomic E-state index is 0.274. The van der Waals surface area contributed by atoms with Gasteiger partial charge in [0, 0.05) is 14.1 Å². The summed E-state index contributed by atoms with van der Waals surface area (Å²) >= 11 is 0. The number of hydrogen-bond donors (Lipinski definition) is 2. The molecule has 0 aromatic heterocycles. The Labute approximate surface area is 166 Å². The molecule has 0 unspecified atom stereocenters. The second kappa shape index (κ2) is 10.5. The van der Waals surface area contributed by atoms with E-state index in [1.165, 1.54) is 38.4 Å². The summed E-state index contributed by atoms with van der Waals surface area (Å²) in [6.45, 7) is -0.711. The van der Waals surface area contributed by atoms with Crippen LogP contribution in [0.15, 0.2) is 48.5 Å². The van der Waals surface area contributed by atoms with Crippen molar-refractivity contribution in [2.75, 3.05) is 27.3 Å². The first-order chi connectivity index (χ1) is 13.9. The Morgan fingerprint density at radius 2 is 1.00 bits per heavy atom. The highest BCUT2D eigenvalue weighted by atomic mass is 16.5. The van der Waals surface area contributed by atoms with Gasteiger partial charge in [-0.05, 0) is 48.5 Å². The summed E-state index contributed by atoms with van der Waals surface area (Å²) in [6.07, 6.45) is 0. The van der Waals surface area contributed by atoms with Crippen LogP contribution in [0.4, 0.5) is 0 Å². The van der Waals surface area contributed by atoms with Crippen LogP contribution in [0.1, 0.15) is 20.7 Å². The lowest BCUT2D eigenvalue weighted by molar-refractivity contribution is -0.124. The summed E-state index contributed by atoms with van der Waals surface area (Å²) in [7, 11) is 2.89. The van der Waals surface area contributed by atoms with Crippen LogP contribution >= 0.6 is 0 Å². The molecule has 0 saturated carbocycles. The van der Waals surface area contributed by atoms with Gasteiger partial charge in [0.25, 0.3) is 11.8 Å². The molecular weight excluding hydrogens is 380 g/mol. The second-order valence-corrected chi connectivity index (χ2v) is 5.65. The lowest BCUT2D eigenvalue weighted by Gasteiger charge is -2.08. The Morgan fingerprint density at radius 1 is 0.655 bits per heavy atom. The van der Waals surface area contributed by atoms with Crippen LogP contribution in [0.5, 0.6) is 11.5 Å². The third-order valence-corrected chi connectivity index (χ3v) is 3.64. The molecule has 0 bridgehead atoms. The maximum Gasteiger partial charge on any atom is 0.338 e. The first-order valence-corrected chi connectivity index (χ1v) is 8.56. The van der Waals surface area contributed by atoms with E-state index in [1.807, 2.05) is 0 Å². The fourth-order valence-electron chi connectivity index (χ4n) is 2.03. The maximum absolute atomic E-state index is 11.8. The molecule has 2 N–H and O–H groups in total. The predicted octanol–water partition coefficient (Wildman–Crippen LogP) is 1.28. The average Bonchev–Trinajstić information content (AvgIpc) is 2.76. The molecule has 9 nitrogen and oxygen atoms in total. The van der Waals surface area contributed by atoms with Crippen LogP contribution in [0.3, 0.4) is 0 Å². The van der Waals surface area contributed by atoms with Gasteiger partial charge < -0.3 is 24.8 Å². The molecule has 9 heteroatoms. The van der Waals surface area contributed by atoms with Crippen LogP contribution in [0, 0.1) is 0 Å². The minimum atomic E-state index is -0.625. The summed E-state index contributed by atoms with van der Waals surface area (Å²) < 4.78 is 15.4. The van der Waals surface area contributed by atoms with Gasteiger partial charge in [0.15, 0.2) is 13.2 Å². The lowest BCUT2D eigenvalue weighted by Crippen LogP contribution is -2.25. The van der Waals surface area contributed by atoms with Gasteiger partial charge in [0.05, 0.1) is 11.1 Å². The van der Waals surface area contributed by atoms with Crippen molar-refractivity contribution in [2.24, 2.45) is 0 Å². The number of carbonyl (C=O) groups excluding carboxylic acids is 4. The molecule has 2 aromatic rings. The van der Waals surface area contributed by atoms with Crippen molar-refractivity contribution in [3.05, 3.63) is 59.7 Å². The van der Waals surface area contributed by atoms with E-state index in [0.717, 1.165) is 0 Å². The van der Waals surface area contributed by atoms with Gasteiger partial charge in [0.2, 0.25) is 0 Å². The number of amides is 2. The van der Waals surface area contributed by atoms with Gasteiger partial charge in [-0.15, -0.1) is 0 Å². The Bertz CT molecular complexity index is 803. The predicted molar refractivity (Wildman–Crippen MR) is 102 cm³/mol. The molecule has 0 aliphatic carbocycles. The van der Waals surface area contributed by atoms with Crippen molar-refractivity contribution in [1.82, 2.24) is 10.6 Å². The Hall–Kier alpha value is -3.88. The highest BCUT2D eigenvalue weighted by Gasteiger charge is 2.11. The molecule has 0 aliphatic heterocycles. The van der Waals surface area contributed by atoms with E-state index in [0.29, 0.717) is 11.5 Å². The highest BCUT2D eigenvalue weighted by Crippen LogP contribution is 2.22. The van der Waals surface area contributed by atoms with Crippen molar-refractivity contribution in [3.8, 4) is 11.5 Å². The molecule has 29 heavy (non-hydrogen) atoms. The zero-order valence-corrected chi connectivity index (χ0v) is 15.9. The third-order valence-electron chi connectivity index (χ3n) is 3.64. The zero-order chi connectivity index (χ0) is 21.2. The number of rotatable bonds is 8. The van der Waals surface area contributed by atoms with Crippen LogP contribution in [-0.2, 0) is 19.1 Å². The molecule has 0 radical (unpaired) electrons. The number of benzene rings is 2. The summed E-state index contributed by atoms with van der Waals surface area (Å²) in [5.41, 5.74) is 0.547. The minimum Gasteiger partial charge on any atom is -0.457 e. The zero-order valence-electron chi connectivity index (χ0n) is 15.9. The van der Waals surface area contributed by atoms with E-state index in [2.05, 4.69) is 10.6 Å². The van der Waals surface area contributed by atoms with Gasteiger partial charge in [-0.1, -0.05) is 0 Å². The van der Waals surface area contributed by atoms with Gasteiger partial charge in [-0.3, -0.25) is 9.59 Å². The first-order valence-electron chi connectivity index (χ1n) is 8.56. The quantitative estimate of drug-likeness (QED) is 0.641. The summed E-state index contributed by atoms with van der Waals surface area (Å²) in [5.74, 6) is -1.14. The monoisotopic (exact) mass is 400 g/mol. The molecule has 0 atom stereocenters. The van der Waals surface area contributed by atoms with E-state index in [9.17, 15) is 19.2 Å². The van der Waals surface area contributed by atoms with Crippen molar-refractivity contribution < 1.29 is 33.4 Å². The molecular formula is C20H20N2O7. The van der Waals surface area contributed by atoms with Gasteiger partial charge in [-0.25, -0.2) is 9.59 Å². The number of likely N-dealkylation sites (N-methyl/N-ethyl adjacent to an activating group) is 2. The summed E-state index contributed by atoms with van der Waals surface area (Å²) in [4.78, 5) is 45.9. The number of hydrogen-bond acceptors (Lipinski definition) is 7. The Balaban J connectivity index is 1.91. The molecule has 2 aromatic carbocycles. The molecule has 152 valence electrons. The van der Waals surface area contributed by atoms with Crippen LogP contribution < -0.4 is 15.4 Å². The van der Waals surface area contributed by atoms with E-state index in [-0.39, 0.29) is 24.3 Å². The maximum atomic E-state index is 11.8. The largest absolute Gasteiger partial charge is 0.457 e. The smallest absolute Gasteiger partial charge is 0.338 e. The second-order valence-electron chi connectivity index (χ2n) is 5.65. The average molecular weight is 400 g/mol. The summed E-state index contributed by atoms with van der Waals surface area (Å²) in [6, 6.07) is 12.3. The molecule has 0 heterocycles. The molecule has 0 spiro atoms. The van der Waals surface area contributed by atoms with Crippen molar-refractivity contribution >= 4 is 23.8 Å². The van der Waals surface area contributed by atoms with Gasteiger partial charge in [-0.2, -0.15) is 0 Å². The molecule has 2 rings (SSSR count).